The summed E-state index contributed by atoms with van der Waals surface area (Å²) in [6.45, 7) is 2.14. The first-order valence-electron chi connectivity index (χ1n) is 4.46. The third-order valence-electron chi connectivity index (χ3n) is 2.77. The smallest absolute Gasteiger partial charge is 0.220 e. The summed E-state index contributed by atoms with van der Waals surface area (Å²) in [5, 5.41) is 9.18. The molecule has 0 aliphatic heterocycles. The van der Waals surface area contributed by atoms with E-state index in [2.05, 4.69) is 6.92 Å². The Morgan fingerprint density at radius 1 is 1.38 bits per heavy atom. The third-order valence-corrected chi connectivity index (χ3v) is 2.77. The van der Waals surface area contributed by atoms with Crippen LogP contribution in [0.2, 0.25) is 0 Å². The van der Waals surface area contributed by atoms with Gasteiger partial charge in [-0.2, -0.15) is 0 Å². The second-order valence-electron chi connectivity index (χ2n) is 3.94. The van der Waals surface area contributed by atoms with E-state index in [9.17, 15) is 9.90 Å². The second kappa shape index (κ2) is 2.59. The maximum absolute atomic E-state index is 11.3. The van der Waals surface area contributed by atoms with E-state index in [4.69, 9.17) is 0 Å². The fourth-order valence-electron chi connectivity index (χ4n) is 1.44. The van der Waals surface area contributed by atoms with Gasteiger partial charge in [-0.25, -0.2) is 0 Å². The van der Waals surface area contributed by atoms with E-state index >= 15 is 0 Å². The van der Waals surface area contributed by atoms with Crippen LogP contribution in [0, 0.1) is 0 Å². The molecule has 0 unspecified atom stereocenters. The van der Waals surface area contributed by atoms with Crippen molar-refractivity contribution in [2.75, 3.05) is 0 Å². The highest BCUT2D eigenvalue weighted by atomic mass is 16.3. The van der Waals surface area contributed by atoms with Gasteiger partial charge in [0.1, 0.15) is 0 Å². The zero-order valence-corrected chi connectivity index (χ0v) is 7.58. The minimum absolute atomic E-state index is 0.171. The lowest BCUT2D eigenvalue weighted by atomic mass is 10.0. The lowest BCUT2D eigenvalue weighted by molar-refractivity contribution is 0.471. The minimum Gasteiger partial charge on any atom is -0.504 e. The molecule has 1 N–H and O–H groups in total. The molecule has 0 bridgehead atoms. The fourth-order valence-corrected chi connectivity index (χ4v) is 1.44. The molecule has 1 aromatic carbocycles. The lowest BCUT2D eigenvalue weighted by Gasteiger charge is -2.03. The first-order valence-corrected chi connectivity index (χ1v) is 4.46. The van der Waals surface area contributed by atoms with Crippen LogP contribution in [-0.4, -0.2) is 5.11 Å². The van der Waals surface area contributed by atoms with Gasteiger partial charge in [0, 0.05) is 0 Å². The van der Waals surface area contributed by atoms with Gasteiger partial charge in [0.05, 0.1) is 0 Å². The maximum Gasteiger partial charge on any atom is 0.220 e. The molecule has 68 valence electrons. The van der Waals surface area contributed by atoms with Crippen molar-refractivity contribution >= 4 is 0 Å². The second-order valence-corrected chi connectivity index (χ2v) is 3.94. The summed E-state index contributed by atoms with van der Waals surface area (Å²) in [6.07, 6.45) is 2.27. The molecule has 13 heavy (non-hydrogen) atoms. The highest BCUT2D eigenvalue weighted by molar-refractivity contribution is 5.32. The Labute approximate surface area is 76.9 Å². The number of rotatable bonds is 1. The predicted molar refractivity (Wildman–Crippen MR) is 51.0 cm³/mol. The lowest BCUT2D eigenvalue weighted by Crippen LogP contribution is -2.02. The molecule has 0 radical (unpaired) electrons. The molecule has 1 aromatic rings. The zero-order valence-electron chi connectivity index (χ0n) is 7.58. The molecular weight excluding hydrogens is 164 g/mol. The average Bonchev–Trinajstić information content (AvgIpc) is 2.83. The Morgan fingerprint density at radius 2 is 2.08 bits per heavy atom. The number of hydrogen-bond acceptors (Lipinski definition) is 2. The van der Waals surface area contributed by atoms with Crippen molar-refractivity contribution in [1.82, 2.24) is 0 Å². The van der Waals surface area contributed by atoms with E-state index in [1.165, 1.54) is 6.07 Å². The van der Waals surface area contributed by atoms with Crippen LogP contribution in [-0.2, 0) is 5.41 Å². The first kappa shape index (κ1) is 8.30. The van der Waals surface area contributed by atoms with Crippen LogP contribution < -0.4 is 5.43 Å². The van der Waals surface area contributed by atoms with Crippen molar-refractivity contribution in [3.05, 3.63) is 40.1 Å². The minimum atomic E-state index is -0.284. The van der Waals surface area contributed by atoms with Crippen molar-refractivity contribution in [2.45, 2.75) is 25.2 Å². The highest BCUT2D eigenvalue weighted by Gasteiger charge is 2.38. The third kappa shape index (κ3) is 1.44. The van der Waals surface area contributed by atoms with Gasteiger partial charge in [-0.05, 0) is 36.0 Å². The molecule has 0 atom stereocenters. The molecule has 1 aliphatic carbocycles. The van der Waals surface area contributed by atoms with E-state index in [1.54, 1.807) is 12.1 Å². The first-order chi connectivity index (χ1) is 6.12. The molecule has 0 heterocycles. The van der Waals surface area contributed by atoms with Crippen LogP contribution in [0.5, 0.6) is 5.75 Å². The van der Waals surface area contributed by atoms with E-state index in [0.717, 1.165) is 18.4 Å². The van der Waals surface area contributed by atoms with Crippen LogP contribution in [0.4, 0.5) is 0 Å². The van der Waals surface area contributed by atoms with Gasteiger partial charge in [-0.1, -0.05) is 19.1 Å². The van der Waals surface area contributed by atoms with E-state index in [0.29, 0.717) is 0 Å². The molecule has 2 heteroatoms. The molecule has 2 nitrogen and oxygen atoms in total. The Kier molecular flexibility index (Phi) is 1.65. The largest absolute Gasteiger partial charge is 0.504 e. The van der Waals surface area contributed by atoms with Gasteiger partial charge in [0.25, 0.3) is 0 Å². The molecule has 1 saturated carbocycles. The monoisotopic (exact) mass is 176 g/mol. The fraction of sp³-hybridized carbons (Fsp3) is 0.364. The van der Waals surface area contributed by atoms with Crippen LogP contribution >= 0.6 is 0 Å². The maximum atomic E-state index is 11.3. The van der Waals surface area contributed by atoms with Crippen molar-refractivity contribution in [1.29, 1.82) is 0 Å². The molecular formula is C11H12O2. The highest BCUT2D eigenvalue weighted by Crippen LogP contribution is 2.46. The zero-order chi connectivity index (χ0) is 9.47. The SMILES string of the molecule is CC1(c2cccc(O)c(=O)c2)CC1. The topological polar surface area (TPSA) is 37.3 Å². The number of aromatic hydroxyl groups is 1. The summed E-state index contributed by atoms with van der Waals surface area (Å²) in [7, 11) is 0. The van der Waals surface area contributed by atoms with Gasteiger partial charge < -0.3 is 5.11 Å². The molecule has 0 amide bonds. The number of hydrogen-bond donors (Lipinski definition) is 1. The van der Waals surface area contributed by atoms with E-state index < -0.39 is 0 Å². The van der Waals surface area contributed by atoms with Gasteiger partial charge in [-0.3, -0.25) is 4.79 Å². The molecule has 1 fully saturated rings. The summed E-state index contributed by atoms with van der Waals surface area (Å²) < 4.78 is 0. The van der Waals surface area contributed by atoms with Gasteiger partial charge in [0.15, 0.2) is 5.75 Å². The van der Waals surface area contributed by atoms with Crippen LogP contribution in [0.15, 0.2) is 29.1 Å². The van der Waals surface area contributed by atoms with Gasteiger partial charge in [-0.15, -0.1) is 0 Å². The van der Waals surface area contributed by atoms with Crippen molar-refractivity contribution in [3.63, 3.8) is 0 Å². The molecule has 0 aromatic heterocycles. The molecule has 0 spiro atoms. The normalized spacial score (nSPS) is 18.2. The van der Waals surface area contributed by atoms with Crippen molar-refractivity contribution < 1.29 is 5.11 Å². The van der Waals surface area contributed by atoms with Crippen LogP contribution in [0.3, 0.4) is 0 Å². The Morgan fingerprint density at radius 3 is 2.69 bits per heavy atom. The summed E-state index contributed by atoms with van der Waals surface area (Å²) in [5.41, 5.74) is 0.941. The van der Waals surface area contributed by atoms with Crippen LogP contribution in [0.25, 0.3) is 0 Å². The summed E-state index contributed by atoms with van der Waals surface area (Å²) in [6, 6.07) is 6.63. The van der Waals surface area contributed by atoms with E-state index in [1.807, 2.05) is 6.07 Å². The molecule has 0 saturated heterocycles. The Bertz CT molecular complexity index is 392. The van der Waals surface area contributed by atoms with Crippen LogP contribution in [0.1, 0.15) is 25.3 Å². The van der Waals surface area contributed by atoms with Gasteiger partial charge in [0.2, 0.25) is 5.43 Å². The van der Waals surface area contributed by atoms with Crippen molar-refractivity contribution in [2.24, 2.45) is 0 Å². The summed E-state index contributed by atoms with van der Waals surface area (Å²) in [5.74, 6) is -0.171. The Hall–Kier alpha value is -1.31. The molecule has 1 aliphatic rings. The average molecular weight is 176 g/mol. The van der Waals surface area contributed by atoms with E-state index in [-0.39, 0.29) is 16.6 Å². The summed E-state index contributed by atoms with van der Waals surface area (Å²) in [4.78, 5) is 11.3. The quantitative estimate of drug-likeness (QED) is 0.708. The molecule has 2 rings (SSSR count). The standard InChI is InChI=1S/C11H12O2/c1-11(5-6-11)8-3-2-4-9(12)10(13)7-8/h2-4,7H,5-6H2,1H3,(H,12,13). The predicted octanol–water partition coefficient (Wildman–Crippen LogP) is 1.80. The van der Waals surface area contributed by atoms with Gasteiger partial charge >= 0.3 is 0 Å². The van der Waals surface area contributed by atoms with Crippen molar-refractivity contribution in [3.8, 4) is 5.75 Å². The summed E-state index contributed by atoms with van der Waals surface area (Å²) >= 11 is 0. The Balaban J connectivity index is 2.57.